The number of likely N-dealkylation sites (tertiary alicyclic amines) is 1. The van der Waals surface area contributed by atoms with Crippen molar-refractivity contribution in [3.8, 4) is 0 Å². The van der Waals surface area contributed by atoms with Gasteiger partial charge in [0.2, 0.25) is 0 Å². The van der Waals surface area contributed by atoms with Gasteiger partial charge in [-0.15, -0.1) is 0 Å². The quantitative estimate of drug-likeness (QED) is 0.796. The lowest BCUT2D eigenvalue weighted by molar-refractivity contribution is 0.0917. The zero-order valence-corrected chi connectivity index (χ0v) is 12.2. The molecule has 0 saturated carbocycles. The van der Waals surface area contributed by atoms with Crippen LogP contribution in [0.1, 0.15) is 39.5 Å². The summed E-state index contributed by atoms with van der Waals surface area (Å²) in [5, 5.41) is 0. The highest BCUT2D eigenvalue weighted by atomic mass is 15.2. The number of likely N-dealkylation sites (N-methyl/N-ethyl adjacent to an activating group) is 1. The van der Waals surface area contributed by atoms with Crippen molar-refractivity contribution in [2.45, 2.75) is 45.1 Å². The zero-order chi connectivity index (χ0) is 12.9. The Morgan fingerprint density at radius 3 is 2.65 bits per heavy atom. The predicted molar refractivity (Wildman–Crippen MR) is 75.2 cm³/mol. The fourth-order valence-corrected chi connectivity index (χ4v) is 2.85. The Labute approximate surface area is 107 Å². The molecule has 3 heteroatoms. The molecule has 1 aliphatic heterocycles. The summed E-state index contributed by atoms with van der Waals surface area (Å²) in [7, 11) is 4.49. The van der Waals surface area contributed by atoms with E-state index in [0.717, 1.165) is 12.5 Å². The Hall–Kier alpha value is -0.120. The molecule has 17 heavy (non-hydrogen) atoms. The van der Waals surface area contributed by atoms with Gasteiger partial charge in [0.1, 0.15) is 0 Å². The summed E-state index contributed by atoms with van der Waals surface area (Å²) < 4.78 is 0. The van der Waals surface area contributed by atoms with Crippen LogP contribution in [0.2, 0.25) is 0 Å². The molecule has 0 radical (unpaired) electrons. The van der Waals surface area contributed by atoms with E-state index in [1.165, 1.54) is 45.3 Å². The third kappa shape index (κ3) is 3.94. The summed E-state index contributed by atoms with van der Waals surface area (Å²) in [6.45, 7) is 8.99. The van der Waals surface area contributed by atoms with E-state index in [-0.39, 0.29) is 5.54 Å². The normalized spacial score (nSPS) is 29.3. The molecule has 0 aliphatic carbocycles. The standard InChI is InChI=1S/C14H31N3/c1-5-13(2)11-17(4)14(12-15)7-6-9-16(3)10-8-14/h13H,5-12,15H2,1-4H3. The molecule has 0 aromatic rings. The maximum absolute atomic E-state index is 6.11. The van der Waals surface area contributed by atoms with E-state index in [9.17, 15) is 0 Å². The lowest BCUT2D eigenvalue weighted by Gasteiger charge is -2.42. The first-order chi connectivity index (χ1) is 8.04. The van der Waals surface area contributed by atoms with Crippen LogP contribution >= 0.6 is 0 Å². The van der Waals surface area contributed by atoms with Crippen LogP contribution in [0.25, 0.3) is 0 Å². The first-order valence-corrected chi connectivity index (χ1v) is 7.14. The van der Waals surface area contributed by atoms with Crippen molar-refractivity contribution in [1.82, 2.24) is 9.80 Å². The summed E-state index contributed by atoms with van der Waals surface area (Å²) in [5.41, 5.74) is 6.36. The Balaban J connectivity index is 2.65. The van der Waals surface area contributed by atoms with Crippen molar-refractivity contribution in [2.24, 2.45) is 11.7 Å². The number of rotatable bonds is 5. The fraction of sp³-hybridized carbons (Fsp3) is 1.00. The van der Waals surface area contributed by atoms with E-state index in [1.807, 2.05) is 0 Å². The molecular weight excluding hydrogens is 210 g/mol. The second-order valence-electron chi connectivity index (χ2n) is 5.98. The van der Waals surface area contributed by atoms with Crippen LogP contribution in [0.4, 0.5) is 0 Å². The summed E-state index contributed by atoms with van der Waals surface area (Å²) >= 11 is 0. The first-order valence-electron chi connectivity index (χ1n) is 7.14. The van der Waals surface area contributed by atoms with E-state index in [4.69, 9.17) is 5.73 Å². The predicted octanol–water partition coefficient (Wildman–Crippen LogP) is 1.78. The first kappa shape index (κ1) is 14.9. The Morgan fingerprint density at radius 1 is 1.35 bits per heavy atom. The smallest absolute Gasteiger partial charge is 0.0341 e. The molecule has 1 heterocycles. The molecule has 2 unspecified atom stereocenters. The van der Waals surface area contributed by atoms with Crippen LogP contribution in [0, 0.1) is 5.92 Å². The third-order valence-corrected chi connectivity index (χ3v) is 4.61. The molecule has 3 nitrogen and oxygen atoms in total. The van der Waals surface area contributed by atoms with Crippen molar-refractivity contribution < 1.29 is 0 Å². The van der Waals surface area contributed by atoms with Gasteiger partial charge in [0.15, 0.2) is 0 Å². The fourth-order valence-electron chi connectivity index (χ4n) is 2.85. The molecule has 2 N–H and O–H groups in total. The van der Waals surface area contributed by atoms with Crippen LogP contribution in [0.3, 0.4) is 0 Å². The summed E-state index contributed by atoms with van der Waals surface area (Å²) in [5.74, 6) is 0.768. The number of nitrogens with two attached hydrogens (primary N) is 1. The van der Waals surface area contributed by atoms with Crippen molar-refractivity contribution >= 4 is 0 Å². The van der Waals surface area contributed by atoms with E-state index in [0.29, 0.717) is 0 Å². The molecule has 0 spiro atoms. The SMILES string of the molecule is CCC(C)CN(C)C1(CN)CCCN(C)CC1. The summed E-state index contributed by atoms with van der Waals surface area (Å²) in [6.07, 6.45) is 5.00. The van der Waals surface area contributed by atoms with Crippen molar-refractivity contribution in [3.05, 3.63) is 0 Å². The van der Waals surface area contributed by atoms with E-state index >= 15 is 0 Å². The minimum Gasteiger partial charge on any atom is -0.329 e. The number of nitrogens with zero attached hydrogens (tertiary/aromatic N) is 2. The maximum Gasteiger partial charge on any atom is 0.0341 e. The lowest BCUT2D eigenvalue weighted by atomic mass is 9.88. The monoisotopic (exact) mass is 241 g/mol. The minimum atomic E-state index is 0.244. The van der Waals surface area contributed by atoms with Gasteiger partial charge in [0.05, 0.1) is 0 Å². The molecule has 1 aliphatic rings. The van der Waals surface area contributed by atoms with E-state index in [1.54, 1.807) is 0 Å². The van der Waals surface area contributed by atoms with E-state index in [2.05, 4.69) is 37.7 Å². The Bertz CT molecular complexity index is 220. The second-order valence-corrected chi connectivity index (χ2v) is 5.98. The summed E-state index contributed by atoms with van der Waals surface area (Å²) in [4.78, 5) is 4.98. The average molecular weight is 241 g/mol. The lowest BCUT2D eigenvalue weighted by Crippen LogP contribution is -2.53. The summed E-state index contributed by atoms with van der Waals surface area (Å²) in [6, 6.07) is 0. The molecule has 102 valence electrons. The second kappa shape index (κ2) is 6.72. The number of hydrogen-bond acceptors (Lipinski definition) is 3. The highest BCUT2D eigenvalue weighted by molar-refractivity contribution is 4.93. The third-order valence-electron chi connectivity index (χ3n) is 4.61. The van der Waals surface area contributed by atoms with Gasteiger partial charge in [0, 0.05) is 18.6 Å². The van der Waals surface area contributed by atoms with Gasteiger partial charge in [-0.1, -0.05) is 20.3 Å². The van der Waals surface area contributed by atoms with Crippen molar-refractivity contribution in [3.63, 3.8) is 0 Å². The van der Waals surface area contributed by atoms with Gasteiger partial charge in [-0.2, -0.15) is 0 Å². The molecular formula is C14H31N3. The van der Waals surface area contributed by atoms with Gasteiger partial charge >= 0.3 is 0 Å². The van der Waals surface area contributed by atoms with E-state index < -0.39 is 0 Å². The van der Waals surface area contributed by atoms with Crippen LogP contribution in [-0.2, 0) is 0 Å². The van der Waals surface area contributed by atoms with Crippen LogP contribution in [0.5, 0.6) is 0 Å². The largest absolute Gasteiger partial charge is 0.329 e. The highest BCUT2D eigenvalue weighted by Gasteiger charge is 2.34. The van der Waals surface area contributed by atoms with Crippen molar-refractivity contribution in [1.29, 1.82) is 0 Å². The Morgan fingerprint density at radius 2 is 2.06 bits per heavy atom. The van der Waals surface area contributed by atoms with Crippen LogP contribution < -0.4 is 5.73 Å². The molecule has 0 aromatic heterocycles. The molecule has 1 saturated heterocycles. The molecule has 0 bridgehead atoms. The molecule has 1 rings (SSSR count). The van der Waals surface area contributed by atoms with Crippen LogP contribution in [0.15, 0.2) is 0 Å². The molecule has 0 aromatic carbocycles. The zero-order valence-electron chi connectivity index (χ0n) is 12.2. The highest BCUT2D eigenvalue weighted by Crippen LogP contribution is 2.27. The molecule has 0 amide bonds. The molecule has 2 atom stereocenters. The topological polar surface area (TPSA) is 32.5 Å². The van der Waals surface area contributed by atoms with Gasteiger partial charge in [-0.05, 0) is 52.4 Å². The minimum absolute atomic E-state index is 0.244. The van der Waals surface area contributed by atoms with Gasteiger partial charge in [-0.25, -0.2) is 0 Å². The van der Waals surface area contributed by atoms with Gasteiger partial charge in [0.25, 0.3) is 0 Å². The van der Waals surface area contributed by atoms with Crippen LogP contribution in [-0.4, -0.2) is 55.6 Å². The van der Waals surface area contributed by atoms with Gasteiger partial charge in [-0.3, -0.25) is 4.90 Å². The Kier molecular flexibility index (Phi) is 5.90. The maximum atomic E-state index is 6.11. The number of hydrogen-bond donors (Lipinski definition) is 1. The molecule has 1 fully saturated rings. The average Bonchev–Trinajstić information content (AvgIpc) is 2.51. The van der Waals surface area contributed by atoms with Gasteiger partial charge < -0.3 is 10.6 Å². The van der Waals surface area contributed by atoms with Crippen molar-refractivity contribution in [2.75, 3.05) is 40.3 Å².